The van der Waals surface area contributed by atoms with Crippen LogP contribution in [0.1, 0.15) is 47.1 Å². The summed E-state index contributed by atoms with van der Waals surface area (Å²) in [4.78, 5) is 28.2. The van der Waals surface area contributed by atoms with Crippen LogP contribution in [0.5, 0.6) is 0 Å². The van der Waals surface area contributed by atoms with Crippen LogP contribution >= 0.6 is 0 Å². The van der Waals surface area contributed by atoms with E-state index < -0.39 is 30.5 Å². The summed E-state index contributed by atoms with van der Waals surface area (Å²) in [6.45, 7) is 11.3. The Morgan fingerprint density at radius 3 is 2.07 bits per heavy atom. The Labute approximate surface area is 166 Å². The molecule has 1 aromatic rings. The van der Waals surface area contributed by atoms with Crippen LogP contribution < -0.4 is 10.4 Å². The number of amides is 2. The van der Waals surface area contributed by atoms with E-state index in [2.05, 4.69) is 0 Å². The molecule has 2 N–H and O–H groups in total. The molecule has 1 aromatic carbocycles. The molecule has 1 heterocycles. The Kier molecular flexibility index (Phi) is 6.30. The van der Waals surface area contributed by atoms with Crippen molar-refractivity contribution in [1.82, 2.24) is 4.90 Å². The third-order valence-electron chi connectivity index (χ3n) is 3.92. The molecule has 0 saturated carbocycles. The average Bonchev–Trinajstić information content (AvgIpc) is 2.70. The largest absolute Gasteiger partial charge is 0.488 e. The molecular formula is C19H29BN2O6. The van der Waals surface area contributed by atoms with Crippen molar-refractivity contribution < 1.29 is 29.1 Å². The smallest absolute Gasteiger partial charge is 0.444 e. The SMILES string of the molecule is CC(C)(C)OC(=O)N1CCN(C(=O)OC(C)(C)C)c2cc(B(O)O)ccc2C1. The van der Waals surface area contributed by atoms with Crippen molar-refractivity contribution in [2.24, 2.45) is 0 Å². The van der Waals surface area contributed by atoms with Gasteiger partial charge in [0.05, 0.1) is 12.2 Å². The fraction of sp³-hybridized carbons (Fsp3) is 0.579. The van der Waals surface area contributed by atoms with Gasteiger partial charge in [0.15, 0.2) is 0 Å². The van der Waals surface area contributed by atoms with E-state index in [1.54, 1.807) is 53.7 Å². The van der Waals surface area contributed by atoms with Gasteiger partial charge in [-0.25, -0.2) is 9.59 Å². The molecule has 0 bridgehead atoms. The Hall–Kier alpha value is -2.26. The zero-order valence-corrected chi connectivity index (χ0v) is 17.4. The normalized spacial score (nSPS) is 14.9. The van der Waals surface area contributed by atoms with Gasteiger partial charge in [-0.15, -0.1) is 0 Å². The van der Waals surface area contributed by atoms with E-state index in [4.69, 9.17) is 9.47 Å². The lowest BCUT2D eigenvalue weighted by atomic mass is 9.79. The first-order valence-corrected chi connectivity index (χ1v) is 9.24. The van der Waals surface area contributed by atoms with Crippen molar-refractivity contribution in [3.63, 3.8) is 0 Å². The summed E-state index contributed by atoms with van der Waals surface area (Å²) in [5.74, 6) is 0. The second-order valence-corrected chi connectivity index (χ2v) is 8.80. The topological polar surface area (TPSA) is 99.5 Å². The molecule has 2 rings (SSSR count). The lowest BCUT2D eigenvalue weighted by Crippen LogP contribution is -2.42. The van der Waals surface area contributed by atoms with Gasteiger partial charge in [-0.2, -0.15) is 0 Å². The minimum atomic E-state index is -1.67. The van der Waals surface area contributed by atoms with Gasteiger partial charge in [0.1, 0.15) is 11.2 Å². The molecule has 0 aromatic heterocycles. The molecule has 0 spiro atoms. The number of ether oxygens (including phenoxy) is 2. The van der Waals surface area contributed by atoms with Crippen LogP contribution in [0.25, 0.3) is 0 Å². The fourth-order valence-electron chi connectivity index (χ4n) is 2.74. The number of hydrogen-bond donors (Lipinski definition) is 2. The zero-order valence-electron chi connectivity index (χ0n) is 17.4. The second kappa shape index (κ2) is 8.01. The third kappa shape index (κ3) is 5.87. The molecule has 28 heavy (non-hydrogen) atoms. The molecule has 0 radical (unpaired) electrons. The summed E-state index contributed by atoms with van der Waals surface area (Å²) in [5.41, 5.74) is 0.0762. The first-order chi connectivity index (χ1) is 12.8. The van der Waals surface area contributed by atoms with Crippen molar-refractivity contribution in [2.75, 3.05) is 18.0 Å². The highest BCUT2D eigenvalue weighted by Gasteiger charge is 2.32. The van der Waals surface area contributed by atoms with E-state index in [9.17, 15) is 19.6 Å². The summed E-state index contributed by atoms with van der Waals surface area (Å²) in [7, 11) is -1.67. The van der Waals surface area contributed by atoms with Crippen LogP contribution in [0.4, 0.5) is 15.3 Å². The van der Waals surface area contributed by atoms with Crippen molar-refractivity contribution in [1.29, 1.82) is 0 Å². The molecule has 1 aliphatic heterocycles. The van der Waals surface area contributed by atoms with E-state index in [1.165, 1.54) is 15.9 Å². The van der Waals surface area contributed by atoms with Crippen LogP contribution in [0, 0.1) is 0 Å². The van der Waals surface area contributed by atoms with Crippen LogP contribution in [0.2, 0.25) is 0 Å². The van der Waals surface area contributed by atoms with Crippen molar-refractivity contribution >= 4 is 30.5 Å². The van der Waals surface area contributed by atoms with Crippen LogP contribution in [-0.2, 0) is 16.0 Å². The van der Waals surface area contributed by atoms with E-state index in [0.29, 0.717) is 11.3 Å². The number of hydrogen-bond acceptors (Lipinski definition) is 6. The number of fused-ring (bicyclic) bond motifs is 1. The molecule has 9 heteroatoms. The van der Waals surface area contributed by atoms with Gasteiger partial charge in [-0.1, -0.05) is 12.1 Å². The Balaban J connectivity index is 2.39. The summed E-state index contributed by atoms with van der Waals surface area (Å²) in [5, 5.41) is 19.0. The Morgan fingerprint density at radius 1 is 0.964 bits per heavy atom. The molecule has 1 aliphatic rings. The van der Waals surface area contributed by atoms with Crippen LogP contribution in [0.3, 0.4) is 0 Å². The summed E-state index contributed by atoms with van der Waals surface area (Å²) < 4.78 is 11.0. The van der Waals surface area contributed by atoms with Gasteiger partial charge in [0, 0.05) is 13.1 Å². The first-order valence-electron chi connectivity index (χ1n) is 9.24. The van der Waals surface area contributed by atoms with E-state index >= 15 is 0 Å². The van der Waals surface area contributed by atoms with E-state index in [1.807, 2.05) is 0 Å². The lowest BCUT2D eigenvalue weighted by molar-refractivity contribution is 0.0238. The molecule has 0 unspecified atom stereocenters. The number of carbonyl (C=O) groups excluding carboxylic acids is 2. The molecule has 0 aliphatic carbocycles. The standard InChI is InChI=1S/C19H29BN2O6/c1-18(2,3)27-16(23)21-9-10-22(17(24)28-19(4,5)6)15-11-14(20(25)26)8-7-13(15)12-21/h7-8,11,25-26H,9-10,12H2,1-6H3. The highest BCUT2D eigenvalue weighted by molar-refractivity contribution is 6.58. The fourth-order valence-corrected chi connectivity index (χ4v) is 2.74. The van der Waals surface area contributed by atoms with Gasteiger partial charge in [-0.05, 0) is 58.6 Å². The van der Waals surface area contributed by atoms with Gasteiger partial charge in [0.2, 0.25) is 0 Å². The molecule has 0 atom stereocenters. The number of rotatable bonds is 1. The van der Waals surface area contributed by atoms with E-state index in [0.717, 1.165) is 0 Å². The monoisotopic (exact) mass is 392 g/mol. The number of carbonyl (C=O) groups is 2. The number of anilines is 1. The minimum absolute atomic E-state index is 0.187. The number of nitrogens with zero attached hydrogens (tertiary/aromatic N) is 2. The maximum atomic E-state index is 12.8. The molecule has 0 saturated heterocycles. The summed E-state index contributed by atoms with van der Waals surface area (Å²) >= 11 is 0. The summed E-state index contributed by atoms with van der Waals surface area (Å²) in [6, 6.07) is 4.75. The highest BCUT2D eigenvalue weighted by atomic mass is 16.6. The van der Waals surface area contributed by atoms with Gasteiger partial charge in [0.25, 0.3) is 0 Å². The first kappa shape index (κ1) is 22.0. The average molecular weight is 392 g/mol. The molecular weight excluding hydrogens is 363 g/mol. The molecule has 8 nitrogen and oxygen atoms in total. The Morgan fingerprint density at radius 2 is 1.54 bits per heavy atom. The molecule has 0 fully saturated rings. The summed E-state index contributed by atoms with van der Waals surface area (Å²) in [6.07, 6.45) is -1.04. The lowest BCUT2D eigenvalue weighted by Gasteiger charge is -2.28. The predicted octanol–water partition coefficient (Wildman–Crippen LogP) is 1.86. The van der Waals surface area contributed by atoms with Crippen molar-refractivity contribution in [3.05, 3.63) is 23.8 Å². The van der Waals surface area contributed by atoms with Gasteiger partial charge < -0.3 is 24.4 Å². The maximum absolute atomic E-state index is 12.8. The predicted molar refractivity (Wildman–Crippen MR) is 106 cm³/mol. The quantitative estimate of drug-likeness (QED) is 0.708. The molecule has 2 amide bonds. The second-order valence-electron chi connectivity index (χ2n) is 8.80. The van der Waals surface area contributed by atoms with Crippen LogP contribution in [-0.4, -0.2) is 58.5 Å². The highest BCUT2D eigenvalue weighted by Crippen LogP contribution is 2.27. The zero-order chi connectivity index (χ0) is 21.3. The van der Waals surface area contributed by atoms with Gasteiger partial charge >= 0.3 is 19.3 Å². The number of benzene rings is 1. The minimum Gasteiger partial charge on any atom is -0.444 e. The maximum Gasteiger partial charge on any atom is 0.488 e. The van der Waals surface area contributed by atoms with Crippen LogP contribution in [0.15, 0.2) is 18.2 Å². The molecule has 154 valence electrons. The van der Waals surface area contributed by atoms with E-state index in [-0.39, 0.29) is 25.1 Å². The van der Waals surface area contributed by atoms with Crippen molar-refractivity contribution in [2.45, 2.75) is 59.3 Å². The third-order valence-corrected chi connectivity index (χ3v) is 3.92. The Bertz CT molecular complexity index is 739. The van der Waals surface area contributed by atoms with Gasteiger partial charge in [-0.3, -0.25) is 4.90 Å². The van der Waals surface area contributed by atoms with Crippen molar-refractivity contribution in [3.8, 4) is 0 Å².